The van der Waals surface area contributed by atoms with Gasteiger partial charge in [0.2, 0.25) is 5.91 Å². The van der Waals surface area contributed by atoms with Gasteiger partial charge in [0.15, 0.2) is 0 Å². The van der Waals surface area contributed by atoms with E-state index in [0.29, 0.717) is 5.75 Å². The average Bonchev–Trinajstić information content (AvgIpc) is 2.35. The van der Waals surface area contributed by atoms with Gasteiger partial charge in [-0.05, 0) is 18.2 Å². The van der Waals surface area contributed by atoms with Gasteiger partial charge in [0.1, 0.15) is 0 Å². The highest BCUT2D eigenvalue weighted by Gasteiger charge is 2.16. The zero-order valence-electron chi connectivity index (χ0n) is 9.14. The molecular weight excluding hydrogens is 240 g/mol. The van der Waals surface area contributed by atoms with Crippen molar-refractivity contribution in [1.82, 2.24) is 0 Å². The van der Waals surface area contributed by atoms with E-state index in [1.807, 2.05) is 12.1 Å². The highest BCUT2D eigenvalue weighted by molar-refractivity contribution is 8.00. The summed E-state index contributed by atoms with van der Waals surface area (Å²) in [4.78, 5) is 12.3. The fraction of sp³-hybridized carbons (Fsp3) is 0.364. The lowest BCUT2D eigenvalue weighted by Crippen LogP contribution is -2.27. The second-order valence-electron chi connectivity index (χ2n) is 3.75. The molecule has 6 heteroatoms. The van der Waals surface area contributed by atoms with Gasteiger partial charge < -0.3 is 20.8 Å². The number of anilines is 2. The summed E-state index contributed by atoms with van der Waals surface area (Å²) < 4.78 is 0. The van der Waals surface area contributed by atoms with E-state index < -0.39 is 0 Å². The highest BCUT2D eigenvalue weighted by Crippen LogP contribution is 2.33. The molecule has 1 amide bonds. The molecular formula is C11H14N2O3S. The minimum Gasteiger partial charge on any atom is -0.394 e. The first kappa shape index (κ1) is 12.2. The van der Waals surface area contributed by atoms with E-state index in [4.69, 9.17) is 10.2 Å². The van der Waals surface area contributed by atoms with Crippen LogP contribution in [0.25, 0.3) is 0 Å². The number of aliphatic hydroxyl groups excluding tert-OH is 2. The second kappa shape index (κ2) is 5.39. The maximum atomic E-state index is 11.2. The molecule has 0 saturated carbocycles. The van der Waals surface area contributed by atoms with E-state index in [0.717, 1.165) is 16.3 Å². The quantitative estimate of drug-likeness (QED) is 0.629. The first-order chi connectivity index (χ1) is 8.22. The highest BCUT2D eigenvalue weighted by atomic mass is 32.2. The Hall–Kier alpha value is -1.24. The predicted molar refractivity (Wildman–Crippen MR) is 67.4 cm³/mol. The van der Waals surface area contributed by atoms with Crippen LogP contribution in [0.3, 0.4) is 0 Å². The molecule has 0 fully saturated rings. The van der Waals surface area contributed by atoms with Crippen molar-refractivity contribution in [2.75, 3.05) is 29.6 Å². The Bertz CT molecular complexity index is 421. The SMILES string of the molecule is O=C1CSc2ccc(NC(CO)CO)cc2N1. The summed E-state index contributed by atoms with van der Waals surface area (Å²) >= 11 is 1.50. The van der Waals surface area contributed by atoms with Crippen molar-refractivity contribution in [1.29, 1.82) is 0 Å². The van der Waals surface area contributed by atoms with Crippen LogP contribution in [0.4, 0.5) is 11.4 Å². The number of thioether (sulfide) groups is 1. The number of amides is 1. The van der Waals surface area contributed by atoms with Crippen molar-refractivity contribution in [3.8, 4) is 0 Å². The summed E-state index contributed by atoms with van der Waals surface area (Å²) in [6.45, 7) is -0.288. The number of carbonyl (C=O) groups is 1. The van der Waals surface area contributed by atoms with Crippen molar-refractivity contribution < 1.29 is 15.0 Å². The molecule has 0 radical (unpaired) electrons. The van der Waals surface area contributed by atoms with Gasteiger partial charge in [0, 0.05) is 10.6 Å². The van der Waals surface area contributed by atoms with Gasteiger partial charge in [0.25, 0.3) is 0 Å². The van der Waals surface area contributed by atoms with Gasteiger partial charge in [0.05, 0.1) is 30.7 Å². The molecule has 0 unspecified atom stereocenters. The van der Waals surface area contributed by atoms with E-state index in [1.165, 1.54) is 11.8 Å². The van der Waals surface area contributed by atoms with E-state index in [-0.39, 0.29) is 25.2 Å². The molecule has 1 aliphatic heterocycles. The molecule has 4 N–H and O–H groups in total. The smallest absolute Gasteiger partial charge is 0.234 e. The molecule has 17 heavy (non-hydrogen) atoms. The maximum Gasteiger partial charge on any atom is 0.234 e. The summed E-state index contributed by atoms with van der Waals surface area (Å²) in [6, 6.07) is 5.19. The number of fused-ring (bicyclic) bond motifs is 1. The van der Waals surface area contributed by atoms with Gasteiger partial charge in [-0.2, -0.15) is 0 Å². The van der Waals surface area contributed by atoms with E-state index >= 15 is 0 Å². The monoisotopic (exact) mass is 254 g/mol. The summed E-state index contributed by atoms with van der Waals surface area (Å²) in [7, 11) is 0. The first-order valence-corrected chi connectivity index (χ1v) is 6.26. The number of carbonyl (C=O) groups excluding carboxylic acids is 1. The van der Waals surface area contributed by atoms with Gasteiger partial charge >= 0.3 is 0 Å². The minimum atomic E-state index is -0.389. The lowest BCUT2D eigenvalue weighted by Gasteiger charge is -2.19. The lowest BCUT2D eigenvalue weighted by atomic mass is 10.2. The van der Waals surface area contributed by atoms with Crippen LogP contribution >= 0.6 is 11.8 Å². The van der Waals surface area contributed by atoms with Crippen LogP contribution in [0.1, 0.15) is 0 Å². The average molecular weight is 254 g/mol. The van der Waals surface area contributed by atoms with Gasteiger partial charge in [-0.15, -0.1) is 11.8 Å². The largest absolute Gasteiger partial charge is 0.394 e. The fourth-order valence-electron chi connectivity index (χ4n) is 1.56. The summed E-state index contributed by atoms with van der Waals surface area (Å²) in [5.74, 6) is 0.427. The van der Waals surface area contributed by atoms with Crippen molar-refractivity contribution in [3.05, 3.63) is 18.2 Å². The normalized spacial score (nSPS) is 14.4. The topological polar surface area (TPSA) is 81.6 Å². The Balaban J connectivity index is 2.15. The predicted octanol–water partition coefficient (Wildman–Crippen LogP) is 0.496. The molecule has 0 atom stereocenters. The number of benzene rings is 1. The number of nitrogens with one attached hydrogen (secondary N) is 2. The van der Waals surface area contributed by atoms with Crippen molar-refractivity contribution in [3.63, 3.8) is 0 Å². The third-order valence-electron chi connectivity index (χ3n) is 2.42. The van der Waals surface area contributed by atoms with Crippen molar-refractivity contribution in [2.24, 2.45) is 0 Å². The van der Waals surface area contributed by atoms with E-state index in [2.05, 4.69) is 10.6 Å². The van der Waals surface area contributed by atoms with Crippen molar-refractivity contribution in [2.45, 2.75) is 10.9 Å². The van der Waals surface area contributed by atoms with Crippen LogP contribution in [0, 0.1) is 0 Å². The molecule has 5 nitrogen and oxygen atoms in total. The zero-order chi connectivity index (χ0) is 12.3. The Kier molecular flexibility index (Phi) is 3.88. The molecule has 1 aromatic carbocycles. The van der Waals surface area contributed by atoms with Crippen LogP contribution in [0.5, 0.6) is 0 Å². The van der Waals surface area contributed by atoms with Gasteiger partial charge in [-0.3, -0.25) is 4.79 Å². The molecule has 0 saturated heterocycles. The Morgan fingerprint density at radius 1 is 1.41 bits per heavy atom. The lowest BCUT2D eigenvalue weighted by molar-refractivity contribution is -0.113. The Morgan fingerprint density at radius 3 is 2.88 bits per heavy atom. The van der Waals surface area contributed by atoms with Crippen molar-refractivity contribution >= 4 is 29.0 Å². The van der Waals surface area contributed by atoms with Crippen LogP contribution in [-0.2, 0) is 4.79 Å². The van der Waals surface area contributed by atoms with Crippen LogP contribution in [-0.4, -0.2) is 41.1 Å². The van der Waals surface area contributed by atoms with Gasteiger partial charge in [-0.1, -0.05) is 0 Å². The molecule has 0 bridgehead atoms. The van der Waals surface area contributed by atoms with Crippen LogP contribution in [0.2, 0.25) is 0 Å². The number of hydrogen-bond acceptors (Lipinski definition) is 5. The molecule has 92 valence electrons. The minimum absolute atomic E-state index is 0.0134. The van der Waals surface area contributed by atoms with Crippen LogP contribution < -0.4 is 10.6 Å². The third-order valence-corrected chi connectivity index (χ3v) is 3.50. The van der Waals surface area contributed by atoms with E-state index in [1.54, 1.807) is 6.07 Å². The summed E-state index contributed by atoms with van der Waals surface area (Å²) in [5, 5.41) is 23.7. The molecule has 0 spiro atoms. The second-order valence-corrected chi connectivity index (χ2v) is 4.77. The third kappa shape index (κ3) is 2.91. The summed E-state index contributed by atoms with van der Waals surface area (Å²) in [6.07, 6.45) is 0. The number of hydrogen-bond donors (Lipinski definition) is 4. The number of rotatable bonds is 4. The first-order valence-electron chi connectivity index (χ1n) is 5.28. The Labute approximate surface area is 103 Å². The van der Waals surface area contributed by atoms with Crippen LogP contribution in [0.15, 0.2) is 23.1 Å². The maximum absolute atomic E-state index is 11.2. The molecule has 1 heterocycles. The zero-order valence-corrected chi connectivity index (χ0v) is 9.96. The Morgan fingerprint density at radius 2 is 2.18 bits per heavy atom. The summed E-state index contributed by atoms with van der Waals surface area (Å²) in [5.41, 5.74) is 1.53. The molecule has 0 aliphatic carbocycles. The molecule has 1 aliphatic rings. The molecule has 1 aromatic rings. The molecule has 2 rings (SSSR count). The molecule has 0 aromatic heterocycles. The van der Waals surface area contributed by atoms with Gasteiger partial charge in [-0.25, -0.2) is 0 Å². The number of aliphatic hydroxyl groups is 2. The fourth-order valence-corrected chi connectivity index (χ4v) is 2.35. The standard InChI is InChI=1S/C11H14N2O3S/c14-4-8(5-15)12-7-1-2-10-9(3-7)13-11(16)6-17-10/h1-3,8,12,14-15H,4-6H2,(H,13,16). The van der Waals surface area contributed by atoms with E-state index in [9.17, 15) is 4.79 Å².